The first-order valence-electron chi connectivity index (χ1n) is 8.03. The topological polar surface area (TPSA) is 53.4 Å². The van der Waals surface area contributed by atoms with E-state index in [2.05, 4.69) is 22.0 Å². The molecule has 4 rings (SSSR count). The molecule has 0 bridgehead atoms. The van der Waals surface area contributed by atoms with Crippen molar-refractivity contribution in [1.82, 2.24) is 4.98 Å². The van der Waals surface area contributed by atoms with Crippen LogP contribution in [0.4, 0.5) is 5.69 Å². The molecule has 118 valence electrons. The second kappa shape index (κ2) is 7.09. The summed E-state index contributed by atoms with van der Waals surface area (Å²) in [4.78, 5) is 18.0. The average Bonchev–Trinajstić information content (AvgIpc) is 2.61. The Morgan fingerprint density at radius 1 is 1.04 bits per heavy atom. The van der Waals surface area contributed by atoms with Gasteiger partial charge in [0, 0.05) is 41.9 Å². The molecule has 1 aliphatic rings. The zero-order valence-electron chi connectivity index (χ0n) is 14.8. The number of rotatable bonds is 2. The summed E-state index contributed by atoms with van der Waals surface area (Å²) in [7, 11) is 0. The van der Waals surface area contributed by atoms with Gasteiger partial charge in [-0.05, 0) is 54.3 Å². The van der Waals surface area contributed by atoms with Crippen LogP contribution in [-0.4, -0.2) is 29.1 Å². The van der Waals surface area contributed by atoms with Gasteiger partial charge in [0.2, 0.25) is 0 Å². The zero-order chi connectivity index (χ0) is 15.8. The van der Waals surface area contributed by atoms with Gasteiger partial charge in [-0.15, -0.1) is 0 Å². The molecule has 0 amide bonds. The van der Waals surface area contributed by atoms with Gasteiger partial charge in [-0.2, -0.15) is 0 Å². The van der Waals surface area contributed by atoms with Crippen molar-refractivity contribution in [2.24, 2.45) is 0 Å². The van der Waals surface area contributed by atoms with Crippen LogP contribution in [0.3, 0.4) is 0 Å². The monoisotopic (exact) mass is 330 g/mol. The number of hydrogen-bond donors (Lipinski definition) is 1. The van der Waals surface area contributed by atoms with E-state index in [0.29, 0.717) is 5.56 Å². The second-order valence-electron chi connectivity index (χ2n) is 6.11. The molecule has 0 spiro atoms. The summed E-state index contributed by atoms with van der Waals surface area (Å²) in [6.07, 6.45) is 7.41. The standard InChI is InChI=1S/C19H18N2O2.Na.H/c22-19(23)13-4-5-15-14(10-13)11-18(21-8-2-1-3-9-21)16-6-7-20-12-17(15)16;;/h4-7,10-12H,1-3,8-9H2,(H,22,23);;/q;+1;-1. The van der Waals surface area contributed by atoms with Gasteiger partial charge >= 0.3 is 35.5 Å². The van der Waals surface area contributed by atoms with Crippen LogP contribution in [0.5, 0.6) is 0 Å². The largest absolute Gasteiger partial charge is 1.00 e. The van der Waals surface area contributed by atoms with Crippen molar-refractivity contribution in [3.05, 3.63) is 48.3 Å². The van der Waals surface area contributed by atoms with Crippen LogP contribution in [0.2, 0.25) is 0 Å². The predicted octanol–water partition coefficient (Wildman–Crippen LogP) is 1.19. The SMILES string of the molecule is O=C(O)c1ccc2c(c1)cc(N1CCCCC1)c1ccncc12.[H-].[Na+]. The Labute approximate surface area is 164 Å². The van der Waals surface area contributed by atoms with Crippen molar-refractivity contribution in [3.63, 3.8) is 0 Å². The fraction of sp³-hybridized carbons (Fsp3) is 0.263. The summed E-state index contributed by atoms with van der Waals surface area (Å²) in [5, 5.41) is 13.5. The number of aromatic nitrogens is 1. The van der Waals surface area contributed by atoms with E-state index in [9.17, 15) is 9.90 Å². The number of hydrogen-bond acceptors (Lipinski definition) is 3. The molecule has 1 fully saturated rings. The van der Waals surface area contributed by atoms with Crippen molar-refractivity contribution in [3.8, 4) is 0 Å². The third-order valence-electron chi connectivity index (χ3n) is 4.67. The summed E-state index contributed by atoms with van der Waals surface area (Å²) >= 11 is 0. The summed E-state index contributed by atoms with van der Waals surface area (Å²) in [5.41, 5.74) is 1.52. The first kappa shape index (κ1) is 17.2. The Hall–Kier alpha value is -1.62. The van der Waals surface area contributed by atoms with Crippen LogP contribution in [0.1, 0.15) is 31.0 Å². The zero-order valence-corrected chi connectivity index (χ0v) is 15.8. The normalized spacial score (nSPS) is 14.6. The maximum Gasteiger partial charge on any atom is 1.00 e. The van der Waals surface area contributed by atoms with Crippen LogP contribution in [-0.2, 0) is 0 Å². The fourth-order valence-corrected chi connectivity index (χ4v) is 3.51. The van der Waals surface area contributed by atoms with Gasteiger partial charge < -0.3 is 11.4 Å². The molecular formula is C19H19N2NaO2. The molecule has 0 unspecified atom stereocenters. The Kier molecular flexibility index (Phi) is 5.09. The van der Waals surface area contributed by atoms with E-state index in [1.54, 1.807) is 12.1 Å². The maximum atomic E-state index is 11.3. The molecule has 24 heavy (non-hydrogen) atoms. The first-order chi connectivity index (χ1) is 11.2. The summed E-state index contributed by atoms with van der Waals surface area (Å²) in [6, 6.07) is 9.51. The third-order valence-corrected chi connectivity index (χ3v) is 4.67. The quantitative estimate of drug-likeness (QED) is 0.567. The van der Waals surface area contributed by atoms with E-state index in [1.165, 1.54) is 30.3 Å². The molecule has 0 atom stereocenters. The Morgan fingerprint density at radius 2 is 1.83 bits per heavy atom. The molecular weight excluding hydrogens is 311 g/mol. The molecule has 0 aliphatic carbocycles. The number of pyridine rings is 1. The van der Waals surface area contributed by atoms with E-state index >= 15 is 0 Å². The first-order valence-corrected chi connectivity index (χ1v) is 8.03. The maximum absolute atomic E-state index is 11.3. The molecule has 0 radical (unpaired) electrons. The van der Waals surface area contributed by atoms with Crippen molar-refractivity contribution < 1.29 is 40.9 Å². The molecule has 4 nitrogen and oxygen atoms in total. The Morgan fingerprint density at radius 3 is 2.58 bits per heavy atom. The average molecular weight is 330 g/mol. The molecule has 0 saturated carbocycles. The minimum absolute atomic E-state index is 0. The van der Waals surface area contributed by atoms with E-state index < -0.39 is 5.97 Å². The number of piperidine rings is 1. The van der Waals surface area contributed by atoms with Gasteiger partial charge in [0.1, 0.15) is 0 Å². The molecule has 1 aliphatic heterocycles. The van der Waals surface area contributed by atoms with Crippen molar-refractivity contribution >= 4 is 33.2 Å². The number of aromatic carboxylic acids is 1. The van der Waals surface area contributed by atoms with Gasteiger partial charge in [-0.3, -0.25) is 4.98 Å². The van der Waals surface area contributed by atoms with E-state index in [-0.39, 0.29) is 31.0 Å². The molecule has 1 N–H and O–H groups in total. The fourth-order valence-electron chi connectivity index (χ4n) is 3.51. The summed E-state index contributed by atoms with van der Waals surface area (Å²) in [6.45, 7) is 2.11. The number of carboxylic acids is 1. The number of nitrogens with zero attached hydrogens (tertiary/aromatic N) is 2. The molecule has 1 aromatic heterocycles. The molecule has 2 aromatic carbocycles. The van der Waals surface area contributed by atoms with Gasteiger partial charge in [0.15, 0.2) is 0 Å². The van der Waals surface area contributed by atoms with Gasteiger partial charge in [-0.1, -0.05) is 6.07 Å². The number of carboxylic acid groups (broad SMARTS) is 1. The van der Waals surface area contributed by atoms with Gasteiger partial charge in [0.25, 0.3) is 0 Å². The summed E-state index contributed by atoms with van der Waals surface area (Å²) in [5.74, 6) is -0.891. The van der Waals surface area contributed by atoms with Crippen molar-refractivity contribution in [2.45, 2.75) is 19.3 Å². The van der Waals surface area contributed by atoms with E-state index in [0.717, 1.165) is 29.2 Å². The molecule has 2 heterocycles. The van der Waals surface area contributed by atoms with Crippen LogP contribution in [0, 0.1) is 0 Å². The second-order valence-corrected chi connectivity index (χ2v) is 6.11. The number of benzene rings is 2. The Bertz CT molecular complexity index is 910. The molecule has 3 aromatic rings. The number of anilines is 1. The van der Waals surface area contributed by atoms with Crippen LogP contribution < -0.4 is 34.5 Å². The van der Waals surface area contributed by atoms with E-state index in [4.69, 9.17) is 0 Å². The number of fused-ring (bicyclic) bond motifs is 3. The van der Waals surface area contributed by atoms with Crippen molar-refractivity contribution in [1.29, 1.82) is 0 Å². The van der Waals surface area contributed by atoms with Crippen LogP contribution in [0.25, 0.3) is 21.5 Å². The van der Waals surface area contributed by atoms with Gasteiger partial charge in [0.05, 0.1) is 5.56 Å². The molecule has 1 saturated heterocycles. The smallest absolute Gasteiger partial charge is 1.00 e. The molecule has 5 heteroatoms. The van der Waals surface area contributed by atoms with Gasteiger partial charge in [-0.25, -0.2) is 4.79 Å². The van der Waals surface area contributed by atoms with Crippen molar-refractivity contribution in [2.75, 3.05) is 18.0 Å². The predicted molar refractivity (Wildman–Crippen MR) is 93.4 cm³/mol. The third kappa shape index (κ3) is 3.02. The van der Waals surface area contributed by atoms with Crippen LogP contribution in [0.15, 0.2) is 42.7 Å². The minimum Gasteiger partial charge on any atom is -1.00 e. The summed E-state index contributed by atoms with van der Waals surface area (Å²) < 4.78 is 0. The van der Waals surface area contributed by atoms with Crippen LogP contribution >= 0.6 is 0 Å². The van der Waals surface area contributed by atoms with E-state index in [1.807, 2.05) is 18.5 Å². The Balaban J connectivity index is 0.00000113. The number of carbonyl (C=O) groups is 1. The minimum atomic E-state index is -0.891.